The van der Waals surface area contributed by atoms with Crippen LogP contribution in [-0.2, 0) is 24.2 Å². The highest BCUT2D eigenvalue weighted by Gasteiger charge is 2.37. The average molecular weight is 368 g/mol. The maximum Gasteiger partial charge on any atom is 0.547 e. The van der Waals surface area contributed by atoms with E-state index in [0.717, 1.165) is 17.7 Å². The molecule has 0 spiro atoms. The molecule has 0 fully saturated rings. The molecule has 0 saturated carbocycles. The number of aromatic carboxylic acids is 1. The van der Waals surface area contributed by atoms with Crippen LogP contribution >= 0.6 is 0 Å². The fourth-order valence-corrected chi connectivity index (χ4v) is 3.14. The lowest BCUT2D eigenvalue weighted by molar-refractivity contribution is -0.120. The summed E-state index contributed by atoms with van der Waals surface area (Å²) in [4.78, 5) is 23.6. The molecule has 1 atom stereocenters. The number of rotatable bonds is 6. The second-order valence-electron chi connectivity index (χ2n) is 6.51. The zero-order valence-corrected chi connectivity index (χ0v) is 14.9. The molecule has 1 aliphatic heterocycles. The largest absolute Gasteiger partial charge is 0.547 e. The van der Waals surface area contributed by atoms with E-state index >= 15 is 0 Å². The zero-order valence-electron chi connectivity index (χ0n) is 14.9. The van der Waals surface area contributed by atoms with Crippen LogP contribution in [0.1, 0.15) is 27.0 Å². The van der Waals surface area contributed by atoms with Crippen LogP contribution in [0.3, 0.4) is 0 Å². The van der Waals surface area contributed by atoms with Crippen LogP contribution in [0.25, 0.3) is 0 Å². The van der Waals surface area contributed by atoms with E-state index in [2.05, 4.69) is 10.6 Å². The smallest absolute Gasteiger partial charge is 0.534 e. The van der Waals surface area contributed by atoms with Crippen LogP contribution < -0.4 is 15.3 Å². The summed E-state index contributed by atoms with van der Waals surface area (Å²) in [6, 6.07) is 12.5. The van der Waals surface area contributed by atoms with Crippen LogP contribution in [0.4, 0.5) is 0 Å². The Balaban J connectivity index is 1.64. The van der Waals surface area contributed by atoms with Crippen molar-refractivity contribution in [2.24, 2.45) is 0 Å². The first-order chi connectivity index (χ1) is 13.0. The summed E-state index contributed by atoms with van der Waals surface area (Å²) in [5, 5.41) is 25.3. The number of hydrogen-bond acceptors (Lipinski definition) is 5. The van der Waals surface area contributed by atoms with Crippen LogP contribution in [0.5, 0.6) is 5.75 Å². The molecule has 1 aliphatic rings. The van der Waals surface area contributed by atoms with E-state index in [9.17, 15) is 19.7 Å². The van der Waals surface area contributed by atoms with E-state index in [1.165, 1.54) is 6.07 Å². The summed E-state index contributed by atoms with van der Waals surface area (Å²) in [7, 11) is 0.566. The number of carboxylic acid groups (broad SMARTS) is 1. The molecule has 4 N–H and O–H groups in total. The second-order valence-corrected chi connectivity index (χ2v) is 6.51. The Hall–Kier alpha value is -2.84. The van der Waals surface area contributed by atoms with Crippen molar-refractivity contribution in [2.75, 3.05) is 7.05 Å². The zero-order chi connectivity index (χ0) is 19.4. The minimum absolute atomic E-state index is 0.00187. The highest BCUT2D eigenvalue weighted by Crippen LogP contribution is 2.30. The van der Waals surface area contributed by atoms with Crippen molar-refractivity contribution in [2.45, 2.75) is 25.3 Å². The number of nitrogens with one attached hydrogen (secondary N) is 2. The Morgan fingerprint density at radius 2 is 1.89 bits per heavy atom. The topological polar surface area (TPSA) is 108 Å². The van der Waals surface area contributed by atoms with Gasteiger partial charge in [0.2, 0.25) is 5.91 Å². The van der Waals surface area contributed by atoms with Gasteiger partial charge in [-0.05, 0) is 36.2 Å². The highest BCUT2D eigenvalue weighted by atomic mass is 16.5. The lowest BCUT2D eigenvalue weighted by Gasteiger charge is -2.28. The molecule has 0 aromatic heterocycles. The van der Waals surface area contributed by atoms with Gasteiger partial charge >= 0.3 is 13.1 Å². The summed E-state index contributed by atoms with van der Waals surface area (Å²) >= 11 is 0. The van der Waals surface area contributed by atoms with Crippen LogP contribution in [0.15, 0.2) is 42.5 Å². The normalized spacial score (nSPS) is 15.6. The van der Waals surface area contributed by atoms with E-state index in [-0.39, 0.29) is 23.6 Å². The lowest BCUT2D eigenvalue weighted by atomic mass is 9.72. The van der Waals surface area contributed by atoms with E-state index < -0.39 is 19.0 Å². The summed E-state index contributed by atoms with van der Waals surface area (Å²) < 4.78 is 5.38. The minimum atomic E-state index is -1.31. The third-order valence-corrected chi connectivity index (χ3v) is 4.46. The van der Waals surface area contributed by atoms with Gasteiger partial charge in [0, 0.05) is 6.54 Å². The van der Waals surface area contributed by atoms with Crippen molar-refractivity contribution in [1.82, 2.24) is 10.6 Å². The molecule has 0 bridgehead atoms. The Morgan fingerprint density at radius 3 is 2.56 bits per heavy atom. The number of carbonyl (C=O) groups excluding carboxylic acids is 1. The number of carboxylic acids is 1. The molecule has 1 amide bonds. The van der Waals surface area contributed by atoms with Gasteiger partial charge in [-0.25, -0.2) is 4.79 Å². The highest BCUT2D eigenvalue weighted by molar-refractivity contribution is 6.47. The Bertz CT molecular complexity index is 840. The van der Waals surface area contributed by atoms with E-state index in [1.54, 1.807) is 12.1 Å². The average Bonchev–Trinajstić information content (AvgIpc) is 2.63. The molecule has 2 aromatic rings. The first-order valence-electron chi connectivity index (χ1n) is 8.69. The van der Waals surface area contributed by atoms with E-state index in [4.69, 9.17) is 4.65 Å². The quantitative estimate of drug-likeness (QED) is 0.562. The maximum atomic E-state index is 12.3. The van der Waals surface area contributed by atoms with Gasteiger partial charge in [-0.1, -0.05) is 36.4 Å². The standard InChI is InChI=1S/C19H21BN2O5/c1-21-11-13-7-5-12(6-8-13)9-17(23)22-16-10-14-3-2-4-15(19(24)25)18(14)27-20(16)26/h2-8,16,21,26H,9-11H2,1H3,(H,22,23)(H,24,25). The van der Waals surface area contributed by atoms with Crippen molar-refractivity contribution in [3.63, 3.8) is 0 Å². The minimum Gasteiger partial charge on any atom is -0.534 e. The molecule has 3 rings (SSSR count). The first kappa shape index (κ1) is 18.9. The number of carbonyl (C=O) groups is 2. The van der Waals surface area contributed by atoms with Gasteiger partial charge in [0.05, 0.1) is 17.9 Å². The lowest BCUT2D eigenvalue weighted by Crippen LogP contribution is -2.53. The van der Waals surface area contributed by atoms with Crippen molar-refractivity contribution < 1.29 is 24.4 Å². The maximum absolute atomic E-state index is 12.3. The predicted octanol–water partition coefficient (Wildman–Crippen LogP) is 0.786. The van der Waals surface area contributed by atoms with Crippen molar-refractivity contribution in [3.05, 3.63) is 64.7 Å². The molecule has 0 aliphatic carbocycles. The van der Waals surface area contributed by atoms with Crippen LogP contribution in [0, 0.1) is 0 Å². The molecule has 140 valence electrons. The molecule has 7 nitrogen and oxygen atoms in total. The van der Waals surface area contributed by atoms with Gasteiger partial charge in [-0.15, -0.1) is 0 Å². The predicted molar refractivity (Wildman–Crippen MR) is 101 cm³/mol. The van der Waals surface area contributed by atoms with Crippen molar-refractivity contribution in [1.29, 1.82) is 0 Å². The molecule has 0 saturated heterocycles. The molecule has 1 heterocycles. The van der Waals surface area contributed by atoms with Crippen LogP contribution in [0.2, 0.25) is 0 Å². The SMILES string of the molecule is CNCc1ccc(CC(=O)NC2Cc3cccc(C(=O)O)c3OB2O)cc1. The number of hydrogen-bond donors (Lipinski definition) is 4. The van der Waals surface area contributed by atoms with Crippen LogP contribution in [-0.4, -0.2) is 42.1 Å². The number of amides is 1. The number of fused-ring (bicyclic) bond motifs is 1. The molecule has 1 unspecified atom stereocenters. The third-order valence-electron chi connectivity index (χ3n) is 4.46. The Kier molecular flexibility index (Phi) is 5.78. The summed E-state index contributed by atoms with van der Waals surface area (Å²) in [5.74, 6) is -1.84. The van der Waals surface area contributed by atoms with Gasteiger partial charge in [-0.2, -0.15) is 0 Å². The molecular weight excluding hydrogens is 347 g/mol. The molecule has 27 heavy (non-hydrogen) atoms. The molecule has 2 aromatic carbocycles. The van der Waals surface area contributed by atoms with Gasteiger partial charge < -0.3 is 25.4 Å². The van der Waals surface area contributed by atoms with Gasteiger partial charge in [0.15, 0.2) is 0 Å². The summed E-state index contributed by atoms with van der Waals surface area (Å²) in [6.45, 7) is 0.760. The monoisotopic (exact) mass is 368 g/mol. The van der Waals surface area contributed by atoms with Gasteiger partial charge in [0.25, 0.3) is 0 Å². The van der Waals surface area contributed by atoms with Gasteiger partial charge in [-0.3, -0.25) is 4.79 Å². The summed E-state index contributed by atoms with van der Waals surface area (Å²) in [6.07, 6.45) is 0.482. The van der Waals surface area contributed by atoms with E-state index in [0.29, 0.717) is 12.0 Å². The Labute approximate surface area is 157 Å². The molecule has 0 radical (unpaired) electrons. The third kappa shape index (κ3) is 4.47. The fourth-order valence-electron chi connectivity index (χ4n) is 3.14. The molecular formula is C19H21BN2O5. The second kappa shape index (κ2) is 8.24. The number of benzene rings is 2. The van der Waals surface area contributed by atoms with Gasteiger partial charge in [0.1, 0.15) is 5.75 Å². The number of para-hydroxylation sites is 1. The first-order valence-corrected chi connectivity index (χ1v) is 8.69. The van der Waals surface area contributed by atoms with Crippen molar-refractivity contribution >= 4 is 19.0 Å². The fraction of sp³-hybridized carbons (Fsp3) is 0.263. The van der Waals surface area contributed by atoms with E-state index in [1.807, 2.05) is 31.3 Å². The summed E-state index contributed by atoms with van der Waals surface area (Å²) in [5.41, 5.74) is 2.63. The molecule has 8 heteroatoms. The Morgan fingerprint density at radius 1 is 1.19 bits per heavy atom. The van der Waals surface area contributed by atoms with Crippen molar-refractivity contribution in [3.8, 4) is 5.75 Å².